The van der Waals surface area contributed by atoms with Crippen molar-refractivity contribution in [1.82, 2.24) is 15.1 Å². The Bertz CT molecular complexity index is 564. The second-order valence-corrected chi connectivity index (χ2v) is 7.98. The fraction of sp³-hybridized carbons (Fsp3) is 0.632. The van der Waals surface area contributed by atoms with E-state index in [0.717, 1.165) is 50.0 Å². The summed E-state index contributed by atoms with van der Waals surface area (Å²) < 4.78 is 0. The van der Waals surface area contributed by atoms with Gasteiger partial charge in [-0.05, 0) is 49.4 Å². The van der Waals surface area contributed by atoms with E-state index in [1.807, 2.05) is 12.1 Å². The number of amides is 1. The molecule has 1 amide bonds. The average molecular weight is 350 g/mol. The Morgan fingerprint density at radius 1 is 1.21 bits per heavy atom. The zero-order valence-corrected chi connectivity index (χ0v) is 15.5. The quantitative estimate of drug-likeness (QED) is 0.887. The van der Waals surface area contributed by atoms with Crippen molar-refractivity contribution in [3.05, 3.63) is 34.9 Å². The maximum absolute atomic E-state index is 12.6. The number of likely N-dealkylation sites (tertiary alicyclic amines) is 1. The van der Waals surface area contributed by atoms with Gasteiger partial charge in [0.05, 0.1) is 6.67 Å². The molecule has 24 heavy (non-hydrogen) atoms. The van der Waals surface area contributed by atoms with Crippen LogP contribution in [0.15, 0.2) is 24.3 Å². The van der Waals surface area contributed by atoms with Crippen molar-refractivity contribution in [1.29, 1.82) is 0 Å². The molecule has 0 bridgehead atoms. The zero-order chi connectivity index (χ0) is 17.2. The minimum atomic E-state index is -0.325. The summed E-state index contributed by atoms with van der Waals surface area (Å²) in [5, 5.41) is 3.82. The fourth-order valence-corrected chi connectivity index (χ4v) is 3.90. The third kappa shape index (κ3) is 3.76. The van der Waals surface area contributed by atoms with Crippen molar-refractivity contribution >= 4 is 17.5 Å². The lowest BCUT2D eigenvalue weighted by molar-refractivity contribution is -0.129. The SMILES string of the molecule is CC(C)CCN1CCC2(CC1)C(=O)NCN2Cc1ccc(Cl)cc1. The van der Waals surface area contributed by atoms with Gasteiger partial charge in [-0.2, -0.15) is 0 Å². The van der Waals surface area contributed by atoms with Crippen molar-refractivity contribution in [2.45, 2.75) is 45.2 Å². The minimum Gasteiger partial charge on any atom is -0.342 e. The van der Waals surface area contributed by atoms with E-state index in [1.54, 1.807) is 0 Å². The molecule has 3 rings (SSSR count). The highest BCUT2D eigenvalue weighted by molar-refractivity contribution is 6.30. The Balaban J connectivity index is 1.64. The van der Waals surface area contributed by atoms with Gasteiger partial charge in [0.1, 0.15) is 5.54 Å². The molecule has 5 heteroatoms. The number of piperidine rings is 1. The first-order valence-electron chi connectivity index (χ1n) is 9.00. The van der Waals surface area contributed by atoms with Crippen LogP contribution >= 0.6 is 11.6 Å². The molecular weight excluding hydrogens is 322 g/mol. The number of nitrogens with zero attached hydrogens (tertiary/aromatic N) is 2. The van der Waals surface area contributed by atoms with Crippen LogP contribution in [0.5, 0.6) is 0 Å². The van der Waals surface area contributed by atoms with E-state index in [2.05, 4.69) is 41.1 Å². The summed E-state index contributed by atoms with van der Waals surface area (Å²) in [6.07, 6.45) is 3.07. The summed E-state index contributed by atoms with van der Waals surface area (Å²) in [6, 6.07) is 7.94. The van der Waals surface area contributed by atoms with E-state index in [4.69, 9.17) is 11.6 Å². The van der Waals surface area contributed by atoms with E-state index in [1.165, 1.54) is 12.0 Å². The van der Waals surface area contributed by atoms with Gasteiger partial charge in [0.15, 0.2) is 0 Å². The van der Waals surface area contributed by atoms with E-state index in [-0.39, 0.29) is 11.4 Å². The third-order valence-electron chi connectivity index (χ3n) is 5.45. The number of rotatable bonds is 5. The van der Waals surface area contributed by atoms with Crippen molar-refractivity contribution in [2.75, 3.05) is 26.3 Å². The first-order chi connectivity index (χ1) is 11.5. The molecule has 2 heterocycles. The van der Waals surface area contributed by atoms with Gasteiger partial charge in [-0.3, -0.25) is 9.69 Å². The predicted octanol–water partition coefficient (Wildman–Crippen LogP) is 3.11. The Morgan fingerprint density at radius 2 is 1.88 bits per heavy atom. The van der Waals surface area contributed by atoms with Crippen LogP contribution in [-0.4, -0.2) is 47.5 Å². The summed E-state index contributed by atoms with van der Waals surface area (Å²) in [4.78, 5) is 17.4. The Morgan fingerprint density at radius 3 is 2.50 bits per heavy atom. The maximum atomic E-state index is 12.6. The molecule has 0 radical (unpaired) electrons. The number of hydrogen-bond donors (Lipinski definition) is 1. The fourth-order valence-electron chi connectivity index (χ4n) is 3.77. The second kappa shape index (κ2) is 7.42. The van der Waals surface area contributed by atoms with Crippen molar-refractivity contribution in [3.8, 4) is 0 Å². The molecule has 1 aromatic carbocycles. The molecule has 2 saturated heterocycles. The topological polar surface area (TPSA) is 35.6 Å². The number of nitrogens with one attached hydrogen (secondary N) is 1. The lowest BCUT2D eigenvalue weighted by Crippen LogP contribution is -2.55. The van der Waals surface area contributed by atoms with Crippen LogP contribution in [0.1, 0.15) is 38.7 Å². The summed E-state index contributed by atoms with van der Waals surface area (Å²) in [7, 11) is 0. The maximum Gasteiger partial charge on any atom is 0.241 e. The van der Waals surface area contributed by atoms with Gasteiger partial charge in [-0.15, -0.1) is 0 Å². The van der Waals surface area contributed by atoms with Crippen LogP contribution in [0.2, 0.25) is 5.02 Å². The highest BCUT2D eigenvalue weighted by atomic mass is 35.5. The van der Waals surface area contributed by atoms with Crippen LogP contribution in [-0.2, 0) is 11.3 Å². The van der Waals surface area contributed by atoms with Crippen LogP contribution < -0.4 is 5.32 Å². The molecule has 0 atom stereocenters. The van der Waals surface area contributed by atoms with Crippen LogP contribution in [0.4, 0.5) is 0 Å². The van der Waals surface area contributed by atoms with Crippen LogP contribution in [0.3, 0.4) is 0 Å². The predicted molar refractivity (Wildman–Crippen MR) is 97.9 cm³/mol. The number of benzene rings is 1. The molecule has 2 fully saturated rings. The van der Waals surface area contributed by atoms with E-state index < -0.39 is 0 Å². The van der Waals surface area contributed by atoms with Crippen LogP contribution in [0.25, 0.3) is 0 Å². The Kier molecular flexibility index (Phi) is 5.48. The molecular formula is C19H28ClN3O. The lowest BCUT2D eigenvalue weighted by atomic mass is 9.85. The van der Waals surface area contributed by atoms with Gasteiger partial charge in [0, 0.05) is 24.7 Å². The second-order valence-electron chi connectivity index (χ2n) is 7.54. The molecule has 2 aliphatic rings. The third-order valence-corrected chi connectivity index (χ3v) is 5.70. The van der Waals surface area contributed by atoms with Crippen LogP contribution in [0, 0.1) is 5.92 Å². The molecule has 1 aromatic rings. The smallest absolute Gasteiger partial charge is 0.241 e. The molecule has 1 spiro atoms. The van der Waals surface area contributed by atoms with Gasteiger partial charge in [0.2, 0.25) is 5.91 Å². The largest absolute Gasteiger partial charge is 0.342 e. The highest BCUT2D eigenvalue weighted by Crippen LogP contribution is 2.33. The summed E-state index contributed by atoms with van der Waals surface area (Å²) >= 11 is 5.98. The lowest BCUT2D eigenvalue weighted by Gasteiger charge is -2.42. The first-order valence-corrected chi connectivity index (χ1v) is 9.37. The summed E-state index contributed by atoms with van der Waals surface area (Å²) in [5.41, 5.74) is 0.881. The van der Waals surface area contributed by atoms with E-state index in [9.17, 15) is 4.79 Å². The molecule has 0 unspecified atom stereocenters. The van der Waals surface area contributed by atoms with Crippen molar-refractivity contribution in [2.24, 2.45) is 5.92 Å². The van der Waals surface area contributed by atoms with Gasteiger partial charge in [-0.1, -0.05) is 37.6 Å². The van der Waals surface area contributed by atoms with E-state index >= 15 is 0 Å². The number of hydrogen-bond acceptors (Lipinski definition) is 3. The summed E-state index contributed by atoms with van der Waals surface area (Å²) in [6.45, 7) is 9.14. The average Bonchev–Trinajstić information content (AvgIpc) is 2.86. The Hall–Kier alpha value is -1.10. The van der Waals surface area contributed by atoms with Gasteiger partial charge in [-0.25, -0.2) is 0 Å². The Labute approximate surface area is 150 Å². The molecule has 0 aromatic heterocycles. The molecule has 2 aliphatic heterocycles. The van der Waals surface area contributed by atoms with E-state index in [0.29, 0.717) is 6.67 Å². The number of carbonyl (C=O) groups excluding carboxylic acids is 1. The monoisotopic (exact) mass is 349 g/mol. The first kappa shape index (κ1) is 17.7. The number of halogens is 1. The standard InChI is InChI=1S/C19H28ClN3O/c1-15(2)7-10-22-11-8-19(9-12-22)18(24)21-14-23(19)13-16-3-5-17(20)6-4-16/h3-6,15H,7-14H2,1-2H3,(H,21,24). The highest BCUT2D eigenvalue weighted by Gasteiger charge is 2.49. The number of carbonyl (C=O) groups is 1. The zero-order valence-electron chi connectivity index (χ0n) is 14.7. The summed E-state index contributed by atoms with van der Waals surface area (Å²) in [5.74, 6) is 0.942. The molecule has 0 aliphatic carbocycles. The molecule has 132 valence electrons. The minimum absolute atomic E-state index is 0.208. The molecule has 1 N–H and O–H groups in total. The molecule has 0 saturated carbocycles. The van der Waals surface area contributed by atoms with Gasteiger partial charge < -0.3 is 10.2 Å². The van der Waals surface area contributed by atoms with Crippen molar-refractivity contribution < 1.29 is 4.79 Å². The van der Waals surface area contributed by atoms with Gasteiger partial charge >= 0.3 is 0 Å². The normalized spacial score (nSPS) is 21.6. The molecule has 4 nitrogen and oxygen atoms in total. The van der Waals surface area contributed by atoms with Gasteiger partial charge in [0.25, 0.3) is 0 Å². The van der Waals surface area contributed by atoms with Crippen molar-refractivity contribution in [3.63, 3.8) is 0 Å².